The van der Waals surface area contributed by atoms with Crippen LogP contribution in [0.2, 0.25) is 0 Å². The molecule has 61 valence electrons. The zero-order valence-corrected chi connectivity index (χ0v) is 9.27. The van der Waals surface area contributed by atoms with Gasteiger partial charge in [-0.25, -0.2) is 0 Å². The summed E-state index contributed by atoms with van der Waals surface area (Å²) < 4.78 is 5.09. The van der Waals surface area contributed by atoms with Gasteiger partial charge in [0.2, 0.25) is 0 Å². The molecule has 0 heterocycles. The summed E-state index contributed by atoms with van der Waals surface area (Å²) in [5, 5.41) is 0. The summed E-state index contributed by atoms with van der Waals surface area (Å²) in [6.07, 6.45) is 4.87. The van der Waals surface area contributed by atoms with Gasteiger partial charge in [-0.3, -0.25) is 0 Å². The molecule has 0 rings (SSSR count). The number of hydrogen-bond acceptors (Lipinski definition) is 1. The Morgan fingerprint density at radius 1 is 1.20 bits per heavy atom. The fraction of sp³-hybridized carbons (Fsp3) is 1.00. The van der Waals surface area contributed by atoms with Gasteiger partial charge in [-0.05, 0) is 0 Å². The summed E-state index contributed by atoms with van der Waals surface area (Å²) in [6, 6.07) is 0. The monoisotopic (exact) mass is 219 g/mol. The van der Waals surface area contributed by atoms with E-state index in [1.165, 1.54) is 19.3 Å². The molecule has 0 aliphatic rings. The second-order valence-corrected chi connectivity index (χ2v) is 6.92. The van der Waals surface area contributed by atoms with E-state index in [4.69, 9.17) is 21.9 Å². The van der Waals surface area contributed by atoms with E-state index >= 15 is 0 Å². The zero-order chi connectivity index (χ0) is 7.82. The minimum atomic E-state index is -2.00. The van der Waals surface area contributed by atoms with Crippen molar-refractivity contribution < 1.29 is 19.5 Å². The molecule has 0 saturated carbocycles. The molecule has 0 amide bonds. The Bertz CT molecular complexity index is 70.8. The van der Waals surface area contributed by atoms with Crippen LogP contribution in [0.3, 0.4) is 0 Å². The normalized spacial score (nSPS) is 9.90. The van der Waals surface area contributed by atoms with Gasteiger partial charge in [-0.2, -0.15) is 0 Å². The molecular weight excluding hydrogens is 207 g/mol. The van der Waals surface area contributed by atoms with Gasteiger partial charge in [0.1, 0.15) is 0 Å². The van der Waals surface area contributed by atoms with Crippen LogP contribution >= 0.6 is 18.6 Å². The van der Waals surface area contributed by atoms with Crippen molar-refractivity contribution in [1.29, 1.82) is 0 Å². The van der Waals surface area contributed by atoms with Gasteiger partial charge in [-0.15, -0.1) is 0 Å². The summed E-state index contributed by atoms with van der Waals surface area (Å²) in [5.74, 6) is 0. The van der Waals surface area contributed by atoms with Crippen LogP contribution in [0, 0.1) is 0 Å². The maximum absolute atomic E-state index is 5.50. The van der Waals surface area contributed by atoms with Crippen LogP contribution in [0.4, 0.5) is 0 Å². The zero-order valence-electron chi connectivity index (χ0n) is 6.20. The van der Waals surface area contributed by atoms with E-state index in [0.29, 0.717) is 0 Å². The van der Waals surface area contributed by atoms with E-state index in [-0.39, 0.29) is 0 Å². The summed E-state index contributed by atoms with van der Waals surface area (Å²) in [5.41, 5.74) is 0. The van der Waals surface area contributed by atoms with Crippen LogP contribution in [0.5, 0.6) is 0 Å². The van der Waals surface area contributed by atoms with Gasteiger partial charge in [-0.1, -0.05) is 0 Å². The molecule has 0 aromatic carbocycles. The van der Waals surface area contributed by atoms with E-state index in [1.54, 1.807) is 0 Å². The summed E-state index contributed by atoms with van der Waals surface area (Å²) in [7, 11) is 11.0. The molecule has 10 heavy (non-hydrogen) atoms. The number of hydrogen-bond donors (Lipinski definition) is 0. The Labute approximate surface area is 77.1 Å². The molecule has 0 aromatic rings. The van der Waals surface area contributed by atoms with E-state index in [2.05, 4.69) is 6.92 Å². The molecule has 0 atom stereocenters. The van der Waals surface area contributed by atoms with Crippen molar-refractivity contribution in [3.8, 4) is 0 Å². The molecule has 0 aliphatic carbocycles. The number of rotatable bonds is 6. The fourth-order valence-corrected chi connectivity index (χ4v) is 1.78. The van der Waals surface area contributed by atoms with Gasteiger partial charge in [0, 0.05) is 0 Å². The first-order valence-corrected chi connectivity index (χ1v) is 8.51. The van der Waals surface area contributed by atoms with Gasteiger partial charge in [0.15, 0.2) is 0 Å². The molecule has 4 heteroatoms. The third-order valence-corrected chi connectivity index (χ3v) is 2.77. The molecule has 1 nitrogen and oxygen atoms in total. The SMILES string of the molecule is CCCCCC[O][Ti]([Cl])[Cl]. The van der Waals surface area contributed by atoms with Crippen molar-refractivity contribution in [2.24, 2.45) is 0 Å². The molecule has 0 N–H and O–H groups in total. The average Bonchev–Trinajstić information content (AvgIpc) is 1.87. The summed E-state index contributed by atoms with van der Waals surface area (Å²) in [6.45, 7) is 2.94. The van der Waals surface area contributed by atoms with E-state index in [9.17, 15) is 0 Å². The van der Waals surface area contributed by atoms with Crippen molar-refractivity contribution in [2.45, 2.75) is 32.6 Å². The first kappa shape index (κ1) is 11.3. The van der Waals surface area contributed by atoms with Gasteiger partial charge >= 0.3 is 77.3 Å². The van der Waals surface area contributed by atoms with Crippen LogP contribution in [0.25, 0.3) is 0 Å². The number of halogens is 2. The van der Waals surface area contributed by atoms with Gasteiger partial charge in [0.05, 0.1) is 0 Å². The Balaban J connectivity index is 2.77. The van der Waals surface area contributed by atoms with Crippen LogP contribution < -0.4 is 0 Å². The molecule has 0 saturated heterocycles. The average molecular weight is 220 g/mol. The third kappa shape index (κ3) is 9.25. The van der Waals surface area contributed by atoms with Gasteiger partial charge < -0.3 is 0 Å². The Morgan fingerprint density at radius 3 is 2.40 bits per heavy atom. The Kier molecular flexibility index (Phi) is 9.40. The van der Waals surface area contributed by atoms with Crippen molar-refractivity contribution in [1.82, 2.24) is 0 Å². The Hall–Kier alpha value is 1.25. The van der Waals surface area contributed by atoms with Gasteiger partial charge in [0.25, 0.3) is 0 Å². The topological polar surface area (TPSA) is 9.23 Å². The van der Waals surface area contributed by atoms with Crippen molar-refractivity contribution in [3.05, 3.63) is 0 Å². The second kappa shape index (κ2) is 8.35. The first-order chi connectivity index (χ1) is 4.77. The van der Waals surface area contributed by atoms with Crippen molar-refractivity contribution >= 4 is 18.6 Å². The minimum absolute atomic E-state index is 0.752. The van der Waals surface area contributed by atoms with E-state index in [1.807, 2.05) is 0 Å². The van der Waals surface area contributed by atoms with E-state index in [0.717, 1.165) is 13.0 Å². The molecule has 0 aromatic heterocycles. The molecule has 0 unspecified atom stereocenters. The quantitative estimate of drug-likeness (QED) is 0.492. The molecule has 0 spiro atoms. The van der Waals surface area contributed by atoms with Crippen LogP contribution in [-0.4, -0.2) is 6.61 Å². The summed E-state index contributed by atoms with van der Waals surface area (Å²) >= 11 is -2.00. The third-order valence-electron chi connectivity index (χ3n) is 1.21. The van der Waals surface area contributed by atoms with E-state index < -0.39 is 16.1 Å². The first-order valence-electron chi connectivity index (χ1n) is 3.58. The molecule has 0 aliphatic heterocycles. The molecule has 0 radical (unpaired) electrons. The molecule has 0 bridgehead atoms. The van der Waals surface area contributed by atoms with Crippen LogP contribution in [0.15, 0.2) is 0 Å². The predicted molar refractivity (Wildman–Crippen MR) is 41.8 cm³/mol. The summed E-state index contributed by atoms with van der Waals surface area (Å²) in [4.78, 5) is 0. The van der Waals surface area contributed by atoms with Crippen LogP contribution in [0.1, 0.15) is 32.6 Å². The predicted octanol–water partition coefficient (Wildman–Crippen LogP) is 3.42. The van der Waals surface area contributed by atoms with Crippen molar-refractivity contribution in [2.75, 3.05) is 6.61 Å². The van der Waals surface area contributed by atoms with Crippen LogP contribution in [-0.2, 0) is 19.5 Å². The molecular formula is C6H13Cl2OTi. The fourth-order valence-electron chi connectivity index (χ4n) is 0.678. The number of unbranched alkanes of at least 4 members (excludes halogenated alkanes) is 3. The molecule has 0 fully saturated rings. The Morgan fingerprint density at radius 2 is 1.90 bits per heavy atom. The standard InChI is InChI=1S/C6H13O.2ClH.Ti/c1-2-3-4-5-6-7;;;/h2-6H2,1H3;2*1H;/q-1;;;+3/p-2. The second-order valence-electron chi connectivity index (χ2n) is 2.13. The van der Waals surface area contributed by atoms with Crippen molar-refractivity contribution in [3.63, 3.8) is 0 Å². The maximum atomic E-state index is 5.50.